The number of nitrogens with one attached hydrogen (secondary N) is 1. The van der Waals surface area contributed by atoms with E-state index in [1.54, 1.807) is 14.7 Å². The van der Waals surface area contributed by atoms with E-state index in [1.165, 1.54) is 96.3 Å². The zero-order valence-corrected chi connectivity index (χ0v) is 31.5. The van der Waals surface area contributed by atoms with E-state index in [0.29, 0.717) is 65.5 Å². The summed E-state index contributed by atoms with van der Waals surface area (Å²) in [6.45, 7) is 6.59. The summed E-state index contributed by atoms with van der Waals surface area (Å²) in [5.74, 6) is -3.61. The second kappa shape index (κ2) is 32.7. The monoisotopic (exact) mass is 812 g/mol. The summed E-state index contributed by atoms with van der Waals surface area (Å²) < 4.78 is 0. The predicted octanol–water partition coefficient (Wildman–Crippen LogP) is 0.240. The maximum Gasteiger partial charge on any atom is 3.00 e. The zero-order chi connectivity index (χ0) is 33.7. The van der Waals surface area contributed by atoms with Crippen LogP contribution in [0, 0.1) is 39.9 Å². The van der Waals surface area contributed by atoms with Gasteiger partial charge in [-0.25, -0.2) is 5.48 Å². The van der Waals surface area contributed by atoms with Gasteiger partial charge in [0.15, 0.2) is 0 Å². The Bertz CT molecular complexity index is 751. The Kier molecular flexibility index (Phi) is 32.3. The van der Waals surface area contributed by atoms with Gasteiger partial charge in [0.2, 0.25) is 0 Å². The van der Waals surface area contributed by atoms with Crippen molar-refractivity contribution in [1.29, 1.82) is 0 Å². The molecule has 1 N–H and O–H groups in total. The number of unbranched alkanes of at least 4 members (excludes halogenated alkanes) is 15. The smallest absolute Gasteiger partial charge is 0.549 e. The maximum absolute atomic E-state index is 11.3. The molecule has 0 aliphatic carbocycles. The van der Waals surface area contributed by atoms with Gasteiger partial charge in [-0.05, 0) is 6.42 Å². The summed E-state index contributed by atoms with van der Waals surface area (Å²) in [7, 11) is 0. The Balaban J connectivity index is 0.0000212. The SMILES string of the molecule is CCCCCCCCCCCCCCCCCCNOCCN1CCN(CC(=O)[O-])CCN(CC(=O)[O-])CCN(CC(=O)[O-])CC1.[Gd+3]. The standard InChI is InChI=1S/C34H67N5O7.Gd/c1-2-3-4-5-6-7-8-9-10-11-12-13-14-15-16-17-18-35-46-28-27-36-19-21-37(29-32(40)41)23-25-39(31-34(44)45)26-24-38(22-20-36)30-33(42)43;/h35H,2-31H2,1H3,(H,40,41)(H,42,43)(H,44,45);/q;+3/p-3. The van der Waals surface area contributed by atoms with E-state index in [-0.39, 0.29) is 59.6 Å². The van der Waals surface area contributed by atoms with Crippen molar-refractivity contribution in [3.05, 3.63) is 0 Å². The number of nitrogens with zero attached hydrogens (tertiary/aromatic N) is 4. The van der Waals surface area contributed by atoms with Crippen LogP contribution in [0.25, 0.3) is 0 Å². The normalized spacial score (nSPS) is 16.3. The molecule has 0 spiro atoms. The quantitative estimate of drug-likeness (QED) is 0.0894. The fraction of sp³-hybridized carbons (Fsp3) is 0.912. The van der Waals surface area contributed by atoms with Gasteiger partial charge in [-0.3, -0.25) is 19.6 Å². The number of hydrogen-bond acceptors (Lipinski definition) is 12. The van der Waals surface area contributed by atoms with Gasteiger partial charge in [0.1, 0.15) is 0 Å². The molecule has 0 aromatic rings. The summed E-state index contributed by atoms with van der Waals surface area (Å²) >= 11 is 0. The summed E-state index contributed by atoms with van der Waals surface area (Å²) in [6.07, 6.45) is 21.4. The Hall–Kier alpha value is -0.505. The molecule has 1 rings (SSSR count). The van der Waals surface area contributed by atoms with E-state index in [9.17, 15) is 29.7 Å². The number of hydroxylamine groups is 1. The van der Waals surface area contributed by atoms with Crippen molar-refractivity contribution in [1.82, 2.24) is 25.1 Å². The van der Waals surface area contributed by atoms with Gasteiger partial charge in [0.05, 0.1) is 24.5 Å². The maximum atomic E-state index is 11.3. The van der Waals surface area contributed by atoms with E-state index < -0.39 is 17.9 Å². The number of carboxylic acids is 3. The number of hydrogen-bond donors (Lipinski definition) is 1. The van der Waals surface area contributed by atoms with Crippen molar-refractivity contribution in [2.45, 2.75) is 110 Å². The van der Waals surface area contributed by atoms with E-state index in [0.717, 1.165) is 13.0 Å². The van der Waals surface area contributed by atoms with Gasteiger partial charge in [0.25, 0.3) is 0 Å². The Labute approximate surface area is 316 Å². The minimum atomic E-state index is -1.24. The van der Waals surface area contributed by atoms with Crippen LogP contribution in [0.3, 0.4) is 0 Å². The molecule has 1 heterocycles. The first kappa shape index (κ1) is 46.5. The third kappa shape index (κ3) is 30.1. The van der Waals surface area contributed by atoms with Crippen LogP contribution in [0.15, 0.2) is 0 Å². The Morgan fingerprint density at radius 2 is 0.809 bits per heavy atom. The van der Waals surface area contributed by atoms with E-state index in [1.807, 2.05) is 0 Å². The van der Waals surface area contributed by atoms with Gasteiger partial charge in [-0.15, -0.1) is 0 Å². The predicted molar refractivity (Wildman–Crippen MR) is 174 cm³/mol. The first-order chi connectivity index (χ1) is 22.3. The minimum Gasteiger partial charge on any atom is -0.549 e. The molecule has 0 aromatic heterocycles. The largest absolute Gasteiger partial charge is 3.00 e. The molecule has 12 nitrogen and oxygen atoms in total. The third-order valence-corrected chi connectivity index (χ3v) is 8.73. The van der Waals surface area contributed by atoms with E-state index in [2.05, 4.69) is 17.3 Å². The molecule has 1 saturated heterocycles. The molecule has 0 atom stereocenters. The topological polar surface area (TPSA) is 155 Å². The number of carbonyl (C=O) groups is 3. The Morgan fingerprint density at radius 3 is 1.13 bits per heavy atom. The molecule has 1 aliphatic heterocycles. The summed E-state index contributed by atoms with van der Waals surface area (Å²) in [5, 5.41) is 33.8. The first-order valence-electron chi connectivity index (χ1n) is 18.1. The van der Waals surface area contributed by atoms with Crippen molar-refractivity contribution < 1.29 is 74.5 Å². The van der Waals surface area contributed by atoms with Crippen molar-refractivity contribution in [2.24, 2.45) is 0 Å². The van der Waals surface area contributed by atoms with Crippen LogP contribution in [0.4, 0.5) is 0 Å². The van der Waals surface area contributed by atoms with Crippen LogP contribution in [0.2, 0.25) is 0 Å². The van der Waals surface area contributed by atoms with E-state index >= 15 is 0 Å². The molecule has 47 heavy (non-hydrogen) atoms. The molecule has 1 fully saturated rings. The molecule has 0 unspecified atom stereocenters. The van der Waals surface area contributed by atoms with Crippen molar-refractivity contribution >= 4 is 17.9 Å². The van der Waals surface area contributed by atoms with Gasteiger partial charge < -0.3 is 34.5 Å². The molecule has 0 amide bonds. The fourth-order valence-electron chi connectivity index (χ4n) is 5.89. The van der Waals surface area contributed by atoms with E-state index in [4.69, 9.17) is 4.84 Å². The minimum absolute atomic E-state index is 0. The molecular weight excluding hydrogens is 748 g/mol. The summed E-state index contributed by atoms with van der Waals surface area (Å²) in [5.41, 5.74) is 3.06. The Morgan fingerprint density at radius 1 is 0.511 bits per heavy atom. The molecule has 13 heteroatoms. The molecule has 0 aromatic carbocycles. The van der Waals surface area contributed by atoms with Crippen molar-refractivity contribution in [2.75, 3.05) is 91.7 Å². The molecular formula is C34H64GdN5O7. The zero-order valence-electron chi connectivity index (χ0n) is 29.2. The molecule has 1 radical (unpaired) electrons. The van der Waals surface area contributed by atoms with Crippen molar-refractivity contribution in [3.63, 3.8) is 0 Å². The second-order valence-electron chi connectivity index (χ2n) is 12.8. The van der Waals surface area contributed by atoms with Crippen LogP contribution in [-0.2, 0) is 19.2 Å². The second-order valence-corrected chi connectivity index (χ2v) is 12.8. The van der Waals surface area contributed by atoms with Crippen LogP contribution in [0.5, 0.6) is 0 Å². The average molecular weight is 812 g/mol. The molecule has 0 bridgehead atoms. The van der Waals surface area contributed by atoms with Crippen molar-refractivity contribution in [3.8, 4) is 0 Å². The number of carboxylic acid groups (broad SMARTS) is 3. The summed E-state index contributed by atoms with van der Waals surface area (Å²) in [4.78, 5) is 46.7. The van der Waals surface area contributed by atoms with Crippen LogP contribution in [-0.4, -0.2) is 129 Å². The average Bonchev–Trinajstić information content (AvgIpc) is 3.00. The summed E-state index contributed by atoms with van der Waals surface area (Å²) in [6, 6.07) is 0. The van der Waals surface area contributed by atoms with Crippen LogP contribution >= 0.6 is 0 Å². The molecule has 275 valence electrons. The molecule has 1 aliphatic rings. The first-order valence-corrected chi connectivity index (χ1v) is 18.1. The van der Waals surface area contributed by atoms with Crippen LogP contribution < -0.4 is 20.8 Å². The number of carbonyl (C=O) groups excluding carboxylic acids is 3. The van der Waals surface area contributed by atoms with Crippen LogP contribution in [0.1, 0.15) is 110 Å². The third-order valence-electron chi connectivity index (χ3n) is 8.73. The molecule has 0 saturated carbocycles. The van der Waals surface area contributed by atoms with Gasteiger partial charge in [-0.2, -0.15) is 0 Å². The van der Waals surface area contributed by atoms with Gasteiger partial charge in [-0.1, -0.05) is 103 Å². The fourth-order valence-corrected chi connectivity index (χ4v) is 5.89. The number of rotatable bonds is 27. The number of aliphatic carboxylic acids is 3. The van der Waals surface area contributed by atoms with Gasteiger partial charge in [0, 0.05) is 85.1 Å². The van der Waals surface area contributed by atoms with Gasteiger partial charge >= 0.3 is 39.9 Å².